The van der Waals surface area contributed by atoms with Crippen molar-refractivity contribution in [2.45, 2.75) is 116 Å². The van der Waals surface area contributed by atoms with Gasteiger partial charge in [-0.15, -0.1) is 0 Å². The molecule has 0 heterocycles. The predicted octanol–water partition coefficient (Wildman–Crippen LogP) is 4.93. The Balaban J connectivity index is 4.16. The van der Waals surface area contributed by atoms with Gasteiger partial charge in [0.05, 0.1) is 39.0 Å². The number of carbonyl (C=O) groups is 3. The lowest BCUT2D eigenvalue weighted by Crippen LogP contribution is -2.53. The number of aliphatic carboxylic acids is 3. The molecule has 0 aromatic heterocycles. The van der Waals surface area contributed by atoms with Crippen molar-refractivity contribution in [3.8, 4) is 0 Å². The molecule has 7 nitrogen and oxygen atoms in total. The van der Waals surface area contributed by atoms with E-state index < -0.39 is 17.9 Å². The standard InChI is InChI=1S/C27H49NO6/c1-2-3-4-5-6-7-8-9-10-11-12-13-14-15-16-17-21-28(22-18-25(29)30,23-19-26(31)32)24-20-27(33)34/h13-14H,2-12,15-24H2,1H3,(H2-,29,30,31,32,33,34)/b14-13+. The minimum Gasteiger partial charge on any atom is -0.550 e. The van der Waals surface area contributed by atoms with Gasteiger partial charge in [0.25, 0.3) is 0 Å². The molecule has 0 aromatic rings. The number of unbranched alkanes of at least 4 members (excludes halogenated alkanes) is 12. The second kappa shape index (κ2) is 21.6. The minimum atomic E-state index is -1.19. The lowest BCUT2D eigenvalue weighted by atomic mass is 10.1. The lowest BCUT2D eigenvalue weighted by Gasteiger charge is -2.38. The van der Waals surface area contributed by atoms with Gasteiger partial charge in [0.15, 0.2) is 0 Å². The number of hydrogen-bond donors (Lipinski definition) is 2. The summed E-state index contributed by atoms with van der Waals surface area (Å²) in [5.74, 6) is -3.11. The molecular weight excluding hydrogens is 434 g/mol. The molecule has 0 aliphatic heterocycles. The Morgan fingerprint density at radius 3 is 1.47 bits per heavy atom. The summed E-state index contributed by atoms with van der Waals surface area (Å²) in [6.07, 6.45) is 21.1. The highest BCUT2D eigenvalue weighted by molar-refractivity contribution is 5.67. The van der Waals surface area contributed by atoms with Crippen molar-refractivity contribution in [3.05, 3.63) is 12.2 Å². The monoisotopic (exact) mass is 483 g/mol. The summed E-state index contributed by atoms with van der Waals surface area (Å²) in [7, 11) is 0. The molecule has 0 aliphatic carbocycles. The van der Waals surface area contributed by atoms with Crippen molar-refractivity contribution < 1.29 is 34.2 Å². The molecule has 0 unspecified atom stereocenters. The molecule has 2 N–H and O–H groups in total. The summed E-state index contributed by atoms with van der Waals surface area (Å²) in [5.41, 5.74) is 0. The molecule has 0 bridgehead atoms. The van der Waals surface area contributed by atoms with Crippen LogP contribution in [0.2, 0.25) is 0 Å². The Bertz CT molecular complexity index is 530. The maximum absolute atomic E-state index is 11.1. The number of hydrogen-bond acceptors (Lipinski definition) is 4. The third-order valence-electron chi connectivity index (χ3n) is 6.53. The lowest BCUT2D eigenvalue weighted by molar-refractivity contribution is -0.927. The number of carbonyl (C=O) groups excluding carboxylic acids is 1. The molecule has 0 saturated carbocycles. The van der Waals surface area contributed by atoms with Crippen LogP contribution in [0.1, 0.15) is 116 Å². The van der Waals surface area contributed by atoms with Crippen LogP contribution in [0, 0.1) is 0 Å². The van der Waals surface area contributed by atoms with E-state index in [4.69, 9.17) is 10.2 Å². The first-order valence-electron chi connectivity index (χ1n) is 13.4. The summed E-state index contributed by atoms with van der Waals surface area (Å²) in [5, 5.41) is 29.1. The van der Waals surface area contributed by atoms with Crippen LogP contribution in [0.5, 0.6) is 0 Å². The number of allylic oxidation sites excluding steroid dienone is 2. The van der Waals surface area contributed by atoms with E-state index in [1.165, 1.54) is 64.2 Å². The van der Waals surface area contributed by atoms with E-state index in [9.17, 15) is 19.5 Å². The van der Waals surface area contributed by atoms with Crippen molar-refractivity contribution in [2.24, 2.45) is 0 Å². The largest absolute Gasteiger partial charge is 0.550 e. The van der Waals surface area contributed by atoms with Crippen molar-refractivity contribution in [1.29, 1.82) is 0 Å². The zero-order chi connectivity index (χ0) is 25.5. The van der Waals surface area contributed by atoms with Crippen LogP contribution in [-0.2, 0) is 14.4 Å². The van der Waals surface area contributed by atoms with Gasteiger partial charge in [-0.2, -0.15) is 0 Å². The molecule has 0 aliphatic rings. The predicted molar refractivity (Wildman–Crippen MR) is 133 cm³/mol. The minimum absolute atomic E-state index is 0.106. The maximum Gasteiger partial charge on any atom is 0.309 e. The summed E-state index contributed by atoms with van der Waals surface area (Å²) in [4.78, 5) is 33.1. The molecule has 0 radical (unpaired) electrons. The molecular formula is C27H49NO6. The quantitative estimate of drug-likeness (QED) is 0.108. The Morgan fingerprint density at radius 1 is 0.618 bits per heavy atom. The van der Waals surface area contributed by atoms with Crippen LogP contribution >= 0.6 is 0 Å². The number of quaternary nitrogens is 1. The highest BCUT2D eigenvalue weighted by atomic mass is 16.4. The molecule has 0 aromatic carbocycles. The van der Waals surface area contributed by atoms with Gasteiger partial charge < -0.3 is 24.6 Å². The number of carboxylic acid groups (broad SMARTS) is 3. The fourth-order valence-corrected chi connectivity index (χ4v) is 4.36. The van der Waals surface area contributed by atoms with Crippen LogP contribution in [0.4, 0.5) is 0 Å². The summed E-state index contributed by atoms with van der Waals surface area (Å²) < 4.78 is 0.203. The molecule has 0 rings (SSSR count). The first-order valence-corrected chi connectivity index (χ1v) is 13.4. The van der Waals surface area contributed by atoms with Gasteiger partial charge in [0.1, 0.15) is 0 Å². The van der Waals surface area contributed by atoms with Crippen molar-refractivity contribution in [1.82, 2.24) is 0 Å². The Labute approximate surface area is 206 Å². The van der Waals surface area contributed by atoms with E-state index in [0.717, 1.165) is 25.7 Å². The Morgan fingerprint density at radius 2 is 1.03 bits per heavy atom. The molecule has 198 valence electrons. The molecule has 0 amide bonds. The molecule has 7 heteroatoms. The van der Waals surface area contributed by atoms with E-state index in [0.29, 0.717) is 6.54 Å². The smallest absolute Gasteiger partial charge is 0.309 e. The van der Waals surface area contributed by atoms with Crippen LogP contribution in [0.3, 0.4) is 0 Å². The molecule has 0 atom stereocenters. The van der Waals surface area contributed by atoms with Gasteiger partial charge >= 0.3 is 11.9 Å². The highest BCUT2D eigenvalue weighted by Gasteiger charge is 2.28. The van der Waals surface area contributed by atoms with Crippen molar-refractivity contribution in [2.75, 3.05) is 26.2 Å². The topological polar surface area (TPSA) is 115 Å². The summed E-state index contributed by atoms with van der Waals surface area (Å²) in [6, 6.07) is 0. The number of carboxylic acids is 3. The van der Waals surface area contributed by atoms with Crippen molar-refractivity contribution in [3.63, 3.8) is 0 Å². The number of rotatable bonds is 25. The summed E-state index contributed by atoms with van der Waals surface area (Å²) in [6.45, 7) is 3.52. The second-order valence-electron chi connectivity index (χ2n) is 9.58. The third-order valence-corrected chi connectivity index (χ3v) is 6.53. The van der Waals surface area contributed by atoms with Crippen LogP contribution in [-0.4, -0.2) is 58.8 Å². The van der Waals surface area contributed by atoms with E-state index in [1.807, 2.05) is 0 Å². The Kier molecular flexibility index (Phi) is 20.4. The maximum atomic E-state index is 11.1. The average Bonchev–Trinajstić information content (AvgIpc) is 2.79. The fraction of sp³-hybridized carbons (Fsp3) is 0.815. The van der Waals surface area contributed by atoms with Crippen LogP contribution in [0.25, 0.3) is 0 Å². The second-order valence-corrected chi connectivity index (χ2v) is 9.58. The highest BCUT2D eigenvalue weighted by Crippen LogP contribution is 2.16. The van der Waals surface area contributed by atoms with Gasteiger partial charge in [-0.1, -0.05) is 76.9 Å². The van der Waals surface area contributed by atoms with Crippen LogP contribution < -0.4 is 5.11 Å². The SMILES string of the molecule is CCCCCCCCCCCC/C=C/CCCC[N+](CCC(=O)[O-])(CCC(=O)O)CCC(=O)O. The molecule has 0 saturated heterocycles. The number of nitrogens with zero attached hydrogens (tertiary/aromatic N) is 1. The van der Waals surface area contributed by atoms with Gasteiger partial charge in [-0.3, -0.25) is 9.59 Å². The fourth-order valence-electron chi connectivity index (χ4n) is 4.36. The third kappa shape index (κ3) is 20.7. The van der Waals surface area contributed by atoms with Gasteiger partial charge in [-0.25, -0.2) is 0 Å². The average molecular weight is 484 g/mol. The molecule has 34 heavy (non-hydrogen) atoms. The Hall–Kier alpha value is -1.89. The first-order chi connectivity index (χ1) is 16.3. The van der Waals surface area contributed by atoms with Crippen molar-refractivity contribution >= 4 is 17.9 Å². The summed E-state index contributed by atoms with van der Waals surface area (Å²) >= 11 is 0. The zero-order valence-corrected chi connectivity index (χ0v) is 21.5. The molecule has 0 fully saturated rings. The first kappa shape index (κ1) is 32.1. The van der Waals surface area contributed by atoms with E-state index in [-0.39, 0.29) is 43.4 Å². The van der Waals surface area contributed by atoms with E-state index in [1.54, 1.807) is 0 Å². The normalized spacial score (nSPS) is 11.8. The van der Waals surface area contributed by atoms with Crippen LogP contribution in [0.15, 0.2) is 12.2 Å². The van der Waals surface area contributed by atoms with E-state index in [2.05, 4.69) is 19.1 Å². The molecule has 0 spiro atoms. The van der Waals surface area contributed by atoms with E-state index >= 15 is 0 Å². The zero-order valence-electron chi connectivity index (χ0n) is 21.5. The van der Waals surface area contributed by atoms with Gasteiger partial charge in [0, 0.05) is 12.4 Å². The van der Waals surface area contributed by atoms with Gasteiger partial charge in [0.2, 0.25) is 0 Å². The van der Waals surface area contributed by atoms with Gasteiger partial charge in [-0.05, 0) is 32.1 Å².